The molecule has 20 heavy (non-hydrogen) atoms. The van der Waals surface area contributed by atoms with Crippen LogP contribution in [0.1, 0.15) is 16.7 Å². The fraction of sp³-hybridized carbons (Fsp3) is 0.0667. The highest BCUT2D eigenvalue weighted by Crippen LogP contribution is 2.36. The Kier molecular flexibility index (Phi) is 2.66. The van der Waals surface area contributed by atoms with Crippen LogP contribution in [0.5, 0.6) is 0 Å². The maximum Gasteiger partial charge on any atom is 0.169 e. The van der Waals surface area contributed by atoms with Crippen molar-refractivity contribution in [3.05, 3.63) is 58.2 Å². The molecule has 2 nitrogen and oxygen atoms in total. The Hall–Kier alpha value is -1.69. The molecule has 0 aliphatic heterocycles. The second-order valence-corrected chi connectivity index (χ2v) is 6.65. The fourth-order valence-electron chi connectivity index (χ4n) is 2.28. The first kappa shape index (κ1) is 12.1. The van der Waals surface area contributed by atoms with E-state index in [0.717, 1.165) is 10.3 Å². The smallest absolute Gasteiger partial charge is 0.169 e. The van der Waals surface area contributed by atoms with E-state index < -0.39 is 0 Å². The fourth-order valence-corrected chi connectivity index (χ4v) is 4.41. The monoisotopic (exact) mass is 303 g/mol. The van der Waals surface area contributed by atoms with Crippen molar-refractivity contribution in [2.75, 3.05) is 0 Å². The molecule has 0 saturated heterocycles. The number of thiophene rings is 2. The molecule has 3 aromatic heterocycles. The van der Waals surface area contributed by atoms with Crippen molar-refractivity contribution in [1.29, 1.82) is 0 Å². The highest BCUT2D eigenvalue weighted by atomic mass is 32.1. The predicted octanol–water partition coefficient (Wildman–Crippen LogP) is 4.90. The molecule has 100 valence electrons. The molecule has 1 unspecified atom stereocenters. The first-order valence-corrected chi connectivity index (χ1v) is 7.82. The predicted molar refractivity (Wildman–Crippen MR) is 81.9 cm³/mol. The number of benzene rings is 1. The van der Waals surface area contributed by atoms with E-state index in [4.69, 9.17) is 10.2 Å². The van der Waals surface area contributed by atoms with Crippen LogP contribution in [-0.2, 0) is 0 Å². The van der Waals surface area contributed by atoms with Gasteiger partial charge in [0.15, 0.2) is 11.4 Å². The van der Waals surface area contributed by atoms with Crippen LogP contribution in [0.2, 0.25) is 0 Å². The molecular weight excluding hydrogens is 293 g/mol. The Morgan fingerprint density at radius 1 is 1.15 bits per heavy atom. The summed E-state index contributed by atoms with van der Waals surface area (Å²) in [5, 5.41) is 2.81. The number of rotatable bonds is 2. The summed E-state index contributed by atoms with van der Waals surface area (Å²) in [4.78, 5) is 1.03. The second-order valence-electron chi connectivity index (χ2n) is 4.58. The highest BCUT2D eigenvalue weighted by Gasteiger charge is 2.18. The second kappa shape index (κ2) is 4.41. The lowest BCUT2D eigenvalue weighted by Crippen LogP contribution is -2.08. The van der Waals surface area contributed by atoms with Crippen molar-refractivity contribution in [3.63, 3.8) is 0 Å². The van der Waals surface area contributed by atoms with Crippen LogP contribution in [0.4, 0.5) is 4.39 Å². The van der Waals surface area contributed by atoms with Crippen LogP contribution < -0.4 is 5.73 Å². The molecule has 0 radical (unpaired) electrons. The van der Waals surface area contributed by atoms with Gasteiger partial charge in [0.25, 0.3) is 0 Å². The van der Waals surface area contributed by atoms with Gasteiger partial charge in [0, 0.05) is 19.7 Å². The van der Waals surface area contributed by atoms with E-state index in [1.165, 1.54) is 15.5 Å². The summed E-state index contributed by atoms with van der Waals surface area (Å²) < 4.78 is 21.7. The average molecular weight is 303 g/mol. The molecule has 1 atom stereocenters. The van der Waals surface area contributed by atoms with Gasteiger partial charge >= 0.3 is 0 Å². The Morgan fingerprint density at radius 3 is 2.85 bits per heavy atom. The molecule has 5 heteroatoms. The summed E-state index contributed by atoms with van der Waals surface area (Å²) in [5.41, 5.74) is 6.53. The lowest BCUT2D eigenvalue weighted by atomic mass is 10.2. The SMILES string of the molecule is NC(c1cc2cccc(F)c2o1)c1cc2sccc2s1. The summed E-state index contributed by atoms with van der Waals surface area (Å²) in [6.45, 7) is 0. The first-order chi connectivity index (χ1) is 9.72. The molecule has 0 spiro atoms. The lowest BCUT2D eigenvalue weighted by Gasteiger charge is -2.04. The first-order valence-electron chi connectivity index (χ1n) is 6.13. The van der Waals surface area contributed by atoms with Crippen molar-refractivity contribution in [1.82, 2.24) is 0 Å². The van der Waals surface area contributed by atoms with Crippen LogP contribution in [0, 0.1) is 5.82 Å². The van der Waals surface area contributed by atoms with Gasteiger partial charge in [0.1, 0.15) is 5.76 Å². The topological polar surface area (TPSA) is 39.2 Å². The van der Waals surface area contributed by atoms with Crippen LogP contribution in [0.25, 0.3) is 20.4 Å². The van der Waals surface area contributed by atoms with Crippen molar-refractivity contribution < 1.29 is 8.81 Å². The van der Waals surface area contributed by atoms with Gasteiger partial charge in [-0.15, -0.1) is 22.7 Å². The van der Waals surface area contributed by atoms with Gasteiger partial charge < -0.3 is 10.2 Å². The zero-order valence-electron chi connectivity index (χ0n) is 10.3. The van der Waals surface area contributed by atoms with E-state index in [2.05, 4.69) is 17.5 Å². The normalized spacial score (nSPS) is 13.3. The summed E-state index contributed by atoms with van der Waals surface area (Å²) >= 11 is 3.35. The molecule has 4 rings (SSSR count). The lowest BCUT2D eigenvalue weighted by molar-refractivity contribution is 0.504. The van der Waals surface area contributed by atoms with Gasteiger partial charge in [-0.3, -0.25) is 0 Å². The van der Waals surface area contributed by atoms with E-state index in [9.17, 15) is 4.39 Å². The molecule has 3 heterocycles. The van der Waals surface area contributed by atoms with Crippen LogP contribution in [0.3, 0.4) is 0 Å². The highest BCUT2D eigenvalue weighted by molar-refractivity contribution is 7.27. The Morgan fingerprint density at radius 2 is 2.05 bits per heavy atom. The number of halogens is 1. The third-order valence-electron chi connectivity index (χ3n) is 3.29. The summed E-state index contributed by atoms with van der Waals surface area (Å²) in [5.74, 6) is 0.243. The zero-order chi connectivity index (χ0) is 13.7. The van der Waals surface area contributed by atoms with E-state index in [-0.39, 0.29) is 17.4 Å². The number of hydrogen-bond donors (Lipinski definition) is 1. The molecule has 0 aliphatic rings. The Bertz CT molecular complexity index is 876. The minimum Gasteiger partial charge on any atom is -0.456 e. The summed E-state index contributed by atoms with van der Waals surface area (Å²) in [6.07, 6.45) is 0. The van der Waals surface area contributed by atoms with E-state index >= 15 is 0 Å². The van der Waals surface area contributed by atoms with Gasteiger partial charge in [0.2, 0.25) is 0 Å². The van der Waals surface area contributed by atoms with Gasteiger partial charge in [0.05, 0.1) is 6.04 Å². The summed E-state index contributed by atoms with van der Waals surface area (Å²) in [7, 11) is 0. The number of para-hydroxylation sites is 1. The number of nitrogens with two attached hydrogens (primary N) is 1. The molecule has 0 fully saturated rings. The third-order valence-corrected chi connectivity index (χ3v) is 5.46. The zero-order valence-corrected chi connectivity index (χ0v) is 11.9. The maximum absolute atomic E-state index is 13.7. The Balaban J connectivity index is 1.81. The molecule has 0 saturated carbocycles. The van der Waals surface area contributed by atoms with Gasteiger partial charge in [-0.05, 0) is 29.6 Å². The molecule has 2 N–H and O–H groups in total. The van der Waals surface area contributed by atoms with Crippen molar-refractivity contribution in [3.8, 4) is 0 Å². The van der Waals surface area contributed by atoms with Crippen LogP contribution >= 0.6 is 22.7 Å². The molecule has 0 amide bonds. The largest absolute Gasteiger partial charge is 0.456 e. The molecule has 1 aromatic carbocycles. The van der Waals surface area contributed by atoms with Crippen LogP contribution in [0.15, 0.2) is 46.2 Å². The third kappa shape index (κ3) is 1.78. The van der Waals surface area contributed by atoms with Crippen molar-refractivity contribution in [2.24, 2.45) is 5.73 Å². The molecule has 4 aromatic rings. The molecule has 0 aliphatic carbocycles. The number of fused-ring (bicyclic) bond motifs is 2. The van der Waals surface area contributed by atoms with Gasteiger partial charge in [-0.2, -0.15) is 0 Å². The summed E-state index contributed by atoms with van der Waals surface area (Å²) in [6, 6.07) is 10.5. The average Bonchev–Trinajstić information content (AvgIpc) is 3.11. The number of hydrogen-bond acceptors (Lipinski definition) is 4. The van der Waals surface area contributed by atoms with E-state index in [1.807, 2.05) is 12.1 Å². The molecular formula is C15H10FNOS2. The number of furan rings is 1. The molecule has 0 bridgehead atoms. The van der Waals surface area contributed by atoms with E-state index in [1.54, 1.807) is 28.7 Å². The standard InChI is InChI=1S/C15H10FNOS2/c16-9-3-1-2-8-6-10(18-15(8)9)14(17)13-7-12-11(20-13)4-5-19-12/h1-7,14H,17H2. The maximum atomic E-state index is 13.7. The minimum atomic E-state index is -0.355. The van der Waals surface area contributed by atoms with Crippen molar-refractivity contribution >= 4 is 43.0 Å². The van der Waals surface area contributed by atoms with E-state index in [0.29, 0.717) is 5.76 Å². The quantitative estimate of drug-likeness (QED) is 0.572. The van der Waals surface area contributed by atoms with Crippen LogP contribution in [-0.4, -0.2) is 0 Å². The van der Waals surface area contributed by atoms with Gasteiger partial charge in [-0.25, -0.2) is 4.39 Å². The van der Waals surface area contributed by atoms with Gasteiger partial charge in [-0.1, -0.05) is 12.1 Å². The minimum absolute atomic E-state index is 0.274. The Labute approximate surface area is 122 Å². The van der Waals surface area contributed by atoms with Crippen molar-refractivity contribution in [2.45, 2.75) is 6.04 Å².